The average molecular weight is 709 g/mol. The highest BCUT2D eigenvalue weighted by atomic mass is 32.2. The van der Waals surface area contributed by atoms with Gasteiger partial charge in [0.15, 0.2) is 0 Å². The topological polar surface area (TPSA) is 96.8 Å². The summed E-state index contributed by atoms with van der Waals surface area (Å²) in [5, 5.41) is 0. The Labute approximate surface area is 280 Å². The maximum Gasteiger partial charge on any atom is 0.416 e. The number of nitrogens with zero attached hydrogens (tertiary/aromatic N) is 2. The summed E-state index contributed by atoms with van der Waals surface area (Å²) < 4.78 is 115. The number of benzene rings is 3. The van der Waals surface area contributed by atoms with Gasteiger partial charge in [-0.25, -0.2) is 0 Å². The van der Waals surface area contributed by atoms with E-state index in [1.54, 1.807) is 35.4 Å². The Balaban J connectivity index is 0.000000418. The predicted octanol–water partition coefficient (Wildman–Crippen LogP) is 7.68. The number of rotatable bonds is 8. The first-order valence-corrected chi connectivity index (χ1v) is 16.5. The zero-order chi connectivity index (χ0) is 35.9. The number of aryl methyl sites for hydroxylation is 1. The largest absolute Gasteiger partial charge is 0.416 e. The molecule has 1 fully saturated rings. The SMILES string of the molecule is Cc1ccc(S(=O)(=O)O)cc1.O=C(Cc1ccccn1)N1CCC(COCc2cc(C(F)(F)F)cc(C(F)(F)F)c2)(c2ccccc2)CC1. The second-order valence-corrected chi connectivity index (χ2v) is 13.1. The first-order chi connectivity index (χ1) is 23.0. The van der Waals surface area contributed by atoms with Crippen LogP contribution in [-0.4, -0.2) is 48.5 Å². The highest BCUT2D eigenvalue weighted by molar-refractivity contribution is 7.85. The van der Waals surface area contributed by atoms with Crippen LogP contribution >= 0.6 is 0 Å². The Bertz CT molecular complexity index is 1760. The quantitative estimate of drug-likeness (QED) is 0.149. The van der Waals surface area contributed by atoms with Gasteiger partial charge in [0, 0.05) is 30.4 Å². The molecule has 0 atom stereocenters. The van der Waals surface area contributed by atoms with Crippen LogP contribution in [0.5, 0.6) is 0 Å². The molecule has 0 spiro atoms. The third-order valence-corrected chi connectivity index (χ3v) is 9.00. The Hall–Kier alpha value is -4.27. The zero-order valence-electron chi connectivity index (χ0n) is 26.3. The van der Waals surface area contributed by atoms with E-state index < -0.39 is 45.6 Å². The molecule has 1 amide bonds. The van der Waals surface area contributed by atoms with Crippen LogP contribution in [0.1, 0.15) is 46.4 Å². The molecule has 3 aromatic carbocycles. The van der Waals surface area contributed by atoms with Crippen molar-refractivity contribution in [2.75, 3.05) is 19.7 Å². The molecule has 49 heavy (non-hydrogen) atoms. The number of ether oxygens (including phenoxy) is 1. The molecule has 1 aliphatic rings. The summed E-state index contributed by atoms with van der Waals surface area (Å²) in [6.45, 7) is 2.38. The van der Waals surface area contributed by atoms with Crippen molar-refractivity contribution in [1.29, 1.82) is 0 Å². The van der Waals surface area contributed by atoms with Crippen LogP contribution < -0.4 is 0 Å². The van der Waals surface area contributed by atoms with E-state index in [1.807, 2.05) is 43.3 Å². The van der Waals surface area contributed by atoms with Gasteiger partial charge in [-0.1, -0.05) is 54.1 Å². The molecule has 1 N–H and O–H groups in total. The molecule has 0 unspecified atom stereocenters. The predicted molar refractivity (Wildman–Crippen MR) is 169 cm³/mol. The summed E-state index contributed by atoms with van der Waals surface area (Å²) in [6.07, 6.45) is -6.99. The Morgan fingerprint density at radius 3 is 1.94 bits per heavy atom. The third kappa shape index (κ3) is 10.6. The van der Waals surface area contributed by atoms with Crippen LogP contribution in [0.2, 0.25) is 0 Å². The molecule has 14 heteroatoms. The lowest BCUT2D eigenvalue weighted by Crippen LogP contribution is -2.47. The highest BCUT2D eigenvalue weighted by Gasteiger charge is 2.39. The van der Waals surface area contributed by atoms with Crippen molar-refractivity contribution in [3.8, 4) is 0 Å². The van der Waals surface area contributed by atoms with Crippen molar-refractivity contribution < 1.29 is 48.8 Å². The summed E-state index contributed by atoms with van der Waals surface area (Å²) in [5.41, 5.74) is -0.933. The van der Waals surface area contributed by atoms with Gasteiger partial charge in [0.1, 0.15) is 0 Å². The zero-order valence-corrected chi connectivity index (χ0v) is 27.2. The molecule has 1 aromatic heterocycles. The van der Waals surface area contributed by atoms with Gasteiger partial charge in [0.2, 0.25) is 5.91 Å². The number of hydrogen-bond acceptors (Lipinski definition) is 5. The first kappa shape index (κ1) is 37.5. The van der Waals surface area contributed by atoms with Crippen LogP contribution in [0.3, 0.4) is 0 Å². The Morgan fingerprint density at radius 2 is 1.43 bits per heavy atom. The van der Waals surface area contributed by atoms with Gasteiger partial charge < -0.3 is 9.64 Å². The fraction of sp³-hybridized carbons (Fsp3) is 0.314. The Morgan fingerprint density at radius 1 is 0.857 bits per heavy atom. The minimum Gasteiger partial charge on any atom is -0.376 e. The third-order valence-electron chi connectivity index (χ3n) is 8.13. The number of amides is 1. The second-order valence-electron chi connectivity index (χ2n) is 11.7. The van der Waals surface area contributed by atoms with Gasteiger partial charge in [-0.05, 0) is 73.4 Å². The number of halogens is 6. The van der Waals surface area contributed by atoms with Crippen molar-refractivity contribution >= 4 is 16.0 Å². The van der Waals surface area contributed by atoms with Gasteiger partial charge in [0.25, 0.3) is 10.1 Å². The van der Waals surface area contributed by atoms with Crippen molar-refractivity contribution in [3.05, 3.63) is 131 Å². The molecular formula is C35H34F6N2O5S. The van der Waals surface area contributed by atoms with E-state index in [0.717, 1.165) is 11.1 Å². The van der Waals surface area contributed by atoms with Crippen molar-refractivity contribution in [3.63, 3.8) is 0 Å². The van der Waals surface area contributed by atoms with Gasteiger partial charge in [0.05, 0.1) is 35.7 Å². The van der Waals surface area contributed by atoms with E-state index in [9.17, 15) is 39.6 Å². The molecule has 0 bridgehead atoms. The van der Waals surface area contributed by atoms with E-state index in [-0.39, 0.29) is 35.5 Å². The molecular weight excluding hydrogens is 674 g/mol. The molecule has 0 aliphatic carbocycles. The van der Waals surface area contributed by atoms with Gasteiger partial charge in [-0.2, -0.15) is 34.8 Å². The van der Waals surface area contributed by atoms with Gasteiger partial charge in [-0.15, -0.1) is 0 Å². The lowest BCUT2D eigenvalue weighted by molar-refractivity contribution is -0.143. The number of likely N-dealkylation sites (tertiary alicyclic amines) is 1. The second kappa shape index (κ2) is 15.5. The van der Waals surface area contributed by atoms with Gasteiger partial charge in [-0.3, -0.25) is 14.3 Å². The summed E-state index contributed by atoms with van der Waals surface area (Å²) in [7, 11) is -4.02. The number of pyridine rings is 1. The van der Waals surface area contributed by atoms with E-state index in [0.29, 0.717) is 43.8 Å². The standard InChI is InChI=1S/C28H26F6N2O2.C7H8O3S/c29-27(30,31)22-14-20(15-23(16-22)28(32,33)34)18-38-19-26(21-6-2-1-3-7-21)9-12-36(13-10-26)25(37)17-24-8-4-5-11-35-24;1-6-2-4-7(5-3-6)11(8,9)10/h1-8,11,14-16H,9-10,12-13,17-19H2;2-5H,1H3,(H,8,9,10). The molecule has 5 rings (SSSR count). The van der Waals surface area contributed by atoms with Crippen molar-refractivity contribution in [1.82, 2.24) is 9.88 Å². The van der Waals surface area contributed by atoms with E-state index in [4.69, 9.17) is 9.29 Å². The van der Waals surface area contributed by atoms with Crippen LogP contribution in [0.4, 0.5) is 26.3 Å². The maximum atomic E-state index is 13.2. The minimum absolute atomic E-state index is 0.0603. The molecule has 2 heterocycles. The molecule has 4 aromatic rings. The summed E-state index contributed by atoms with van der Waals surface area (Å²) in [4.78, 5) is 18.7. The monoisotopic (exact) mass is 708 g/mol. The molecule has 0 radical (unpaired) electrons. The average Bonchev–Trinajstić information content (AvgIpc) is 3.05. The number of alkyl halides is 6. The first-order valence-electron chi connectivity index (χ1n) is 15.1. The number of hydrogen-bond donors (Lipinski definition) is 1. The minimum atomic E-state index is -4.92. The molecule has 1 aliphatic heterocycles. The molecule has 262 valence electrons. The van der Waals surface area contributed by atoms with E-state index in [2.05, 4.69) is 4.98 Å². The van der Waals surface area contributed by atoms with Crippen molar-refractivity contribution in [2.24, 2.45) is 0 Å². The van der Waals surface area contributed by atoms with Crippen LogP contribution in [0.25, 0.3) is 0 Å². The number of aromatic nitrogens is 1. The molecule has 7 nitrogen and oxygen atoms in total. The van der Waals surface area contributed by atoms with Crippen LogP contribution in [-0.2, 0) is 50.4 Å². The lowest BCUT2D eigenvalue weighted by atomic mass is 9.73. The number of carbonyl (C=O) groups excluding carboxylic acids is 1. The smallest absolute Gasteiger partial charge is 0.376 e. The normalized spacial score (nSPS) is 14.9. The van der Waals surface area contributed by atoms with E-state index >= 15 is 0 Å². The lowest BCUT2D eigenvalue weighted by Gasteiger charge is -2.42. The maximum absolute atomic E-state index is 13.2. The summed E-state index contributed by atoms with van der Waals surface area (Å²) >= 11 is 0. The molecule has 0 saturated carbocycles. The van der Waals surface area contributed by atoms with Crippen LogP contribution in [0.15, 0.2) is 102 Å². The highest BCUT2D eigenvalue weighted by Crippen LogP contribution is 2.38. The number of carbonyl (C=O) groups is 1. The Kier molecular flexibility index (Phi) is 11.9. The summed E-state index contributed by atoms with van der Waals surface area (Å²) in [5.74, 6) is -0.0603. The fourth-order valence-corrected chi connectivity index (χ4v) is 5.92. The van der Waals surface area contributed by atoms with Crippen LogP contribution in [0, 0.1) is 6.92 Å². The fourth-order valence-electron chi connectivity index (χ4n) is 5.44. The molecule has 1 saturated heterocycles. The van der Waals surface area contributed by atoms with Gasteiger partial charge >= 0.3 is 12.4 Å². The number of piperidine rings is 1. The summed E-state index contributed by atoms with van der Waals surface area (Å²) in [6, 6.07) is 22.2. The van der Waals surface area contributed by atoms with Crippen molar-refractivity contribution in [2.45, 2.75) is 55.5 Å². The van der Waals surface area contributed by atoms with E-state index in [1.165, 1.54) is 12.1 Å².